The quantitative estimate of drug-likeness (QED) is 0.762. The van der Waals surface area contributed by atoms with Crippen LogP contribution in [0.5, 0.6) is 0 Å². The van der Waals surface area contributed by atoms with E-state index in [9.17, 15) is 0 Å². The van der Waals surface area contributed by atoms with Gasteiger partial charge in [0.25, 0.3) is 0 Å². The molecule has 0 saturated carbocycles. The summed E-state index contributed by atoms with van der Waals surface area (Å²) in [4.78, 5) is 4.78. The second-order valence-electron chi connectivity index (χ2n) is 5.63. The number of hydrogen-bond acceptors (Lipinski definition) is 4. The van der Waals surface area contributed by atoms with Crippen molar-refractivity contribution in [2.24, 2.45) is 5.92 Å². The fourth-order valence-electron chi connectivity index (χ4n) is 2.67. The van der Waals surface area contributed by atoms with E-state index in [1.807, 2.05) is 23.1 Å². The summed E-state index contributed by atoms with van der Waals surface area (Å²) in [5.74, 6) is 0.627. The first-order valence-electron chi connectivity index (χ1n) is 7.16. The maximum Gasteiger partial charge on any atom is 0.0593 e. The minimum absolute atomic E-state index is 0.627. The molecule has 1 saturated heterocycles. The second-order valence-corrected chi connectivity index (χ2v) is 5.63. The predicted molar refractivity (Wildman–Crippen MR) is 76.1 cm³/mol. The van der Waals surface area contributed by atoms with E-state index in [-0.39, 0.29) is 0 Å². The molecule has 0 spiro atoms. The normalized spacial score (nSPS) is 21.7. The molecule has 0 amide bonds. The summed E-state index contributed by atoms with van der Waals surface area (Å²) in [5.41, 5.74) is 0. The number of nitrogens with zero attached hydrogens (tertiary/aromatic N) is 4. The Morgan fingerprint density at radius 3 is 3.00 bits per heavy atom. The summed E-state index contributed by atoms with van der Waals surface area (Å²) in [6.45, 7) is 7.21. The Kier molecular flexibility index (Phi) is 5.82. The van der Waals surface area contributed by atoms with Gasteiger partial charge in [-0.1, -0.05) is 0 Å². The van der Waals surface area contributed by atoms with Gasteiger partial charge in [-0.3, -0.25) is 4.68 Å². The van der Waals surface area contributed by atoms with Gasteiger partial charge in [0.1, 0.15) is 0 Å². The van der Waals surface area contributed by atoms with Crippen LogP contribution in [0.15, 0.2) is 18.5 Å². The lowest BCUT2D eigenvalue weighted by atomic mass is 10.1. The molecular formula is C14H26N4O. The molecule has 0 radical (unpaired) electrons. The van der Waals surface area contributed by atoms with Crippen LogP contribution in [-0.4, -0.2) is 73.1 Å². The van der Waals surface area contributed by atoms with Crippen LogP contribution in [0.2, 0.25) is 0 Å². The zero-order valence-corrected chi connectivity index (χ0v) is 12.2. The van der Waals surface area contributed by atoms with E-state index in [4.69, 9.17) is 4.74 Å². The monoisotopic (exact) mass is 266 g/mol. The molecule has 2 heterocycles. The van der Waals surface area contributed by atoms with E-state index in [0.717, 1.165) is 52.4 Å². The summed E-state index contributed by atoms with van der Waals surface area (Å²) in [7, 11) is 4.26. The maximum absolute atomic E-state index is 5.70. The molecule has 108 valence electrons. The Balaban J connectivity index is 1.72. The molecule has 0 aromatic carbocycles. The predicted octanol–water partition coefficient (Wildman–Crippen LogP) is 0.783. The molecular weight excluding hydrogens is 240 g/mol. The first-order valence-corrected chi connectivity index (χ1v) is 7.16. The van der Waals surface area contributed by atoms with Crippen molar-refractivity contribution in [1.82, 2.24) is 19.6 Å². The van der Waals surface area contributed by atoms with Crippen molar-refractivity contribution in [3.8, 4) is 0 Å². The highest BCUT2D eigenvalue weighted by Gasteiger charge is 2.18. The number of aromatic nitrogens is 2. The summed E-state index contributed by atoms with van der Waals surface area (Å²) in [6, 6.07) is 1.98. The van der Waals surface area contributed by atoms with E-state index >= 15 is 0 Å². The van der Waals surface area contributed by atoms with Gasteiger partial charge in [0.2, 0.25) is 0 Å². The third kappa shape index (κ3) is 5.30. The highest BCUT2D eigenvalue weighted by molar-refractivity contribution is 4.78. The topological polar surface area (TPSA) is 33.5 Å². The Labute approximate surface area is 116 Å². The van der Waals surface area contributed by atoms with Crippen molar-refractivity contribution in [2.45, 2.75) is 13.0 Å². The number of hydrogen-bond donors (Lipinski definition) is 0. The highest BCUT2D eigenvalue weighted by Crippen LogP contribution is 2.08. The molecule has 0 aliphatic carbocycles. The molecule has 1 aliphatic heterocycles. The third-order valence-electron chi connectivity index (χ3n) is 3.47. The number of aryl methyl sites for hydroxylation is 1. The molecule has 5 nitrogen and oxygen atoms in total. The van der Waals surface area contributed by atoms with Gasteiger partial charge in [0, 0.05) is 51.0 Å². The number of rotatable bonds is 6. The summed E-state index contributed by atoms with van der Waals surface area (Å²) in [6.07, 6.45) is 5.02. The van der Waals surface area contributed by atoms with Gasteiger partial charge < -0.3 is 14.5 Å². The number of ether oxygens (including phenoxy) is 1. The molecule has 1 aliphatic rings. The molecule has 1 aromatic heterocycles. The zero-order chi connectivity index (χ0) is 13.5. The van der Waals surface area contributed by atoms with Crippen LogP contribution in [0.3, 0.4) is 0 Å². The molecule has 19 heavy (non-hydrogen) atoms. The van der Waals surface area contributed by atoms with Crippen molar-refractivity contribution in [2.75, 3.05) is 53.5 Å². The maximum atomic E-state index is 5.70. The van der Waals surface area contributed by atoms with Crippen LogP contribution in [0.25, 0.3) is 0 Å². The average molecular weight is 266 g/mol. The first kappa shape index (κ1) is 14.5. The van der Waals surface area contributed by atoms with Gasteiger partial charge in [-0.2, -0.15) is 5.10 Å². The van der Waals surface area contributed by atoms with Crippen LogP contribution < -0.4 is 0 Å². The summed E-state index contributed by atoms with van der Waals surface area (Å²) >= 11 is 0. The zero-order valence-electron chi connectivity index (χ0n) is 12.2. The summed E-state index contributed by atoms with van der Waals surface area (Å²) in [5, 5.41) is 4.24. The molecule has 2 rings (SSSR count). The van der Waals surface area contributed by atoms with Crippen molar-refractivity contribution in [3.05, 3.63) is 18.5 Å². The molecule has 0 bridgehead atoms. The van der Waals surface area contributed by atoms with E-state index in [0.29, 0.717) is 5.92 Å². The van der Waals surface area contributed by atoms with Crippen molar-refractivity contribution >= 4 is 0 Å². The fraction of sp³-hybridized carbons (Fsp3) is 0.786. The largest absolute Gasteiger partial charge is 0.380 e. The van der Waals surface area contributed by atoms with Gasteiger partial charge in [0.15, 0.2) is 0 Å². The second kappa shape index (κ2) is 7.62. The van der Waals surface area contributed by atoms with Crippen LogP contribution in [0, 0.1) is 5.92 Å². The van der Waals surface area contributed by atoms with E-state index in [1.165, 1.54) is 0 Å². The molecule has 1 fully saturated rings. The first-order chi connectivity index (χ1) is 9.24. The molecule has 1 atom stereocenters. The van der Waals surface area contributed by atoms with Gasteiger partial charge in [-0.05, 0) is 26.6 Å². The van der Waals surface area contributed by atoms with E-state index in [2.05, 4.69) is 29.0 Å². The van der Waals surface area contributed by atoms with Crippen molar-refractivity contribution < 1.29 is 4.74 Å². The van der Waals surface area contributed by atoms with E-state index < -0.39 is 0 Å². The van der Waals surface area contributed by atoms with Gasteiger partial charge >= 0.3 is 0 Å². The van der Waals surface area contributed by atoms with Crippen LogP contribution in [-0.2, 0) is 11.3 Å². The standard InChI is InChI=1S/C14H26N4O/c1-16(2)11-14-12-17(9-10-19-13-14)6-4-8-18-7-3-5-15-18/h3,5,7,14H,4,6,8-13H2,1-2H3/t14-/m0/s1. The highest BCUT2D eigenvalue weighted by atomic mass is 16.5. The lowest BCUT2D eigenvalue weighted by molar-refractivity contribution is 0.112. The molecule has 5 heteroatoms. The third-order valence-corrected chi connectivity index (χ3v) is 3.47. The Hall–Kier alpha value is -0.910. The van der Waals surface area contributed by atoms with Gasteiger partial charge in [-0.25, -0.2) is 0 Å². The Morgan fingerprint density at radius 1 is 1.37 bits per heavy atom. The Morgan fingerprint density at radius 2 is 2.26 bits per heavy atom. The molecule has 0 unspecified atom stereocenters. The minimum Gasteiger partial charge on any atom is -0.380 e. The minimum atomic E-state index is 0.627. The fourth-order valence-corrected chi connectivity index (χ4v) is 2.67. The van der Waals surface area contributed by atoms with Crippen molar-refractivity contribution in [3.63, 3.8) is 0 Å². The van der Waals surface area contributed by atoms with Crippen molar-refractivity contribution in [1.29, 1.82) is 0 Å². The van der Waals surface area contributed by atoms with Crippen LogP contribution in [0.4, 0.5) is 0 Å². The van der Waals surface area contributed by atoms with Gasteiger partial charge in [-0.15, -0.1) is 0 Å². The molecule has 0 N–H and O–H groups in total. The molecule has 1 aromatic rings. The van der Waals surface area contributed by atoms with Crippen LogP contribution in [0.1, 0.15) is 6.42 Å². The Bertz CT molecular complexity index is 339. The average Bonchev–Trinajstić information content (AvgIpc) is 2.77. The van der Waals surface area contributed by atoms with E-state index in [1.54, 1.807) is 0 Å². The van der Waals surface area contributed by atoms with Crippen LogP contribution >= 0.6 is 0 Å². The smallest absolute Gasteiger partial charge is 0.0593 e. The SMILES string of the molecule is CN(C)C[C@@H]1COCCN(CCCn2cccn2)C1. The summed E-state index contributed by atoms with van der Waals surface area (Å²) < 4.78 is 7.71. The van der Waals surface area contributed by atoms with Gasteiger partial charge in [0.05, 0.1) is 13.2 Å². The lowest BCUT2D eigenvalue weighted by Crippen LogP contribution is -2.35. The lowest BCUT2D eigenvalue weighted by Gasteiger charge is -2.25.